The van der Waals surface area contributed by atoms with Gasteiger partial charge in [0.1, 0.15) is 0 Å². The highest BCUT2D eigenvalue weighted by atomic mass is 16.5. The van der Waals surface area contributed by atoms with E-state index in [9.17, 15) is 0 Å². The number of hydrogen-bond acceptors (Lipinski definition) is 1. The molecule has 1 heterocycles. The Morgan fingerprint density at radius 2 is 1.33 bits per heavy atom. The summed E-state index contributed by atoms with van der Waals surface area (Å²) in [4.78, 5) is 0. The molecule has 0 saturated carbocycles. The molecule has 0 aromatic carbocycles. The van der Waals surface area contributed by atoms with Crippen molar-refractivity contribution < 1.29 is 4.74 Å². The Kier molecular flexibility index (Phi) is 3.75. The van der Waals surface area contributed by atoms with Gasteiger partial charge in [-0.3, -0.25) is 0 Å². The Morgan fingerprint density at radius 3 is 1.86 bits per heavy atom. The van der Waals surface area contributed by atoms with Gasteiger partial charge < -0.3 is 4.74 Å². The maximum Gasteiger partial charge on any atom is 0.0891 e. The monoisotopic (exact) mass is 282 g/mol. The maximum atomic E-state index is 6.27. The molecule has 0 atom stereocenters. The summed E-state index contributed by atoms with van der Waals surface area (Å²) in [5.74, 6) is 0. The largest absolute Gasteiger partial charge is 0.360 e. The van der Waals surface area contributed by atoms with E-state index in [1.807, 2.05) is 13.8 Å². The van der Waals surface area contributed by atoms with Crippen molar-refractivity contribution in [2.24, 2.45) is 0 Å². The zero-order valence-corrected chi connectivity index (χ0v) is 14.1. The normalized spacial score (nSPS) is 23.0. The molecule has 2 rings (SSSR count). The standard InChI is InChI=1S/C20H26O/c1-13(2)15-9-10-17-18(12-16(11-15)14(3)4)20(7,8)21-19(17,5)6/h9-12H,1,3H2,2,4-8H3. The third-order valence-electron chi connectivity index (χ3n) is 4.12. The minimum atomic E-state index is -0.293. The van der Waals surface area contributed by atoms with Crippen LogP contribution in [0.25, 0.3) is 0 Å². The molecule has 0 amide bonds. The Balaban J connectivity index is 2.70. The molecule has 21 heavy (non-hydrogen) atoms. The molecule has 112 valence electrons. The average Bonchev–Trinajstić information content (AvgIpc) is 2.40. The Bertz CT molecular complexity index is 631. The third-order valence-corrected chi connectivity index (χ3v) is 4.12. The second-order valence-electron chi connectivity index (χ2n) is 7.04. The van der Waals surface area contributed by atoms with Crippen LogP contribution in [0.5, 0.6) is 0 Å². The highest BCUT2D eigenvalue weighted by Gasteiger charge is 2.43. The van der Waals surface area contributed by atoms with E-state index >= 15 is 0 Å². The first-order valence-electron chi connectivity index (χ1n) is 7.43. The van der Waals surface area contributed by atoms with Gasteiger partial charge in [-0.05, 0) is 76.0 Å². The number of ether oxygens (including phenoxy) is 1. The van der Waals surface area contributed by atoms with Crippen LogP contribution in [-0.2, 0) is 4.74 Å². The van der Waals surface area contributed by atoms with Gasteiger partial charge in [-0.15, -0.1) is 0 Å². The smallest absolute Gasteiger partial charge is 0.0891 e. The lowest BCUT2D eigenvalue weighted by Gasteiger charge is -2.27. The van der Waals surface area contributed by atoms with Crippen LogP contribution in [0.1, 0.15) is 41.5 Å². The molecule has 0 bridgehead atoms. The van der Waals surface area contributed by atoms with Crippen LogP contribution in [0.15, 0.2) is 70.9 Å². The lowest BCUT2D eigenvalue weighted by atomic mass is 9.85. The predicted molar refractivity (Wildman–Crippen MR) is 91.2 cm³/mol. The third kappa shape index (κ3) is 2.89. The van der Waals surface area contributed by atoms with Crippen LogP contribution in [0, 0.1) is 0 Å². The molecular formula is C20H26O. The van der Waals surface area contributed by atoms with E-state index < -0.39 is 0 Å². The molecule has 1 aliphatic carbocycles. The lowest BCUT2D eigenvalue weighted by molar-refractivity contribution is -0.0541. The number of rotatable bonds is 2. The van der Waals surface area contributed by atoms with Crippen molar-refractivity contribution in [1.82, 2.24) is 0 Å². The van der Waals surface area contributed by atoms with E-state index in [0.29, 0.717) is 0 Å². The van der Waals surface area contributed by atoms with Gasteiger partial charge in [0.15, 0.2) is 0 Å². The summed E-state index contributed by atoms with van der Waals surface area (Å²) in [5, 5.41) is 0. The van der Waals surface area contributed by atoms with E-state index in [0.717, 1.165) is 22.3 Å². The van der Waals surface area contributed by atoms with Gasteiger partial charge in [0.25, 0.3) is 0 Å². The Morgan fingerprint density at radius 1 is 0.810 bits per heavy atom. The zero-order chi connectivity index (χ0) is 16.0. The van der Waals surface area contributed by atoms with Gasteiger partial charge in [0.2, 0.25) is 0 Å². The van der Waals surface area contributed by atoms with Crippen molar-refractivity contribution in [3.8, 4) is 0 Å². The van der Waals surface area contributed by atoms with Crippen molar-refractivity contribution >= 4 is 0 Å². The topological polar surface area (TPSA) is 9.23 Å². The molecule has 1 heteroatoms. The number of allylic oxidation sites excluding steroid dienone is 6. The Hall–Kier alpha value is -1.60. The molecule has 0 fully saturated rings. The first-order valence-corrected chi connectivity index (χ1v) is 7.43. The van der Waals surface area contributed by atoms with E-state index in [2.05, 4.69) is 65.2 Å². The molecule has 1 nitrogen and oxygen atoms in total. The summed E-state index contributed by atoms with van der Waals surface area (Å²) in [6, 6.07) is 0. The van der Waals surface area contributed by atoms with Gasteiger partial charge in [0.05, 0.1) is 11.2 Å². The van der Waals surface area contributed by atoms with Crippen molar-refractivity contribution in [3.05, 3.63) is 70.9 Å². The van der Waals surface area contributed by atoms with E-state index in [4.69, 9.17) is 4.74 Å². The second kappa shape index (κ2) is 4.99. The van der Waals surface area contributed by atoms with E-state index in [1.165, 1.54) is 11.1 Å². The molecule has 0 unspecified atom stereocenters. The first kappa shape index (κ1) is 15.8. The molecule has 0 saturated heterocycles. The summed E-state index contributed by atoms with van der Waals surface area (Å²) in [6.07, 6.45) is 8.70. The lowest BCUT2D eigenvalue weighted by Crippen LogP contribution is -2.29. The molecule has 2 aliphatic rings. The fourth-order valence-electron chi connectivity index (χ4n) is 3.04. The summed E-state index contributed by atoms with van der Waals surface area (Å²) < 4.78 is 6.27. The van der Waals surface area contributed by atoms with Crippen LogP contribution in [0.3, 0.4) is 0 Å². The highest BCUT2D eigenvalue weighted by Crippen LogP contribution is 2.45. The predicted octanol–water partition coefficient (Wildman–Crippen LogP) is 5.45. The van der Waals surface area contributed by atoms with Crippen molar-refractivity contribution in [3.63, 3.8) is 0 Å². The Labute approximate surface area is 129 Å². The van der Waals surface area contributed by atoms with Crippen molar-refractivity contribution in [2.75, 3.05) is 0 Å². The molecular weight excluding hydrogens is 256 g/mol. The molecule has 1 aliphatic heterocycles. The molecule has 0 aromatic rings. The van der Waals surface area contributed by atoms with Gasteiger partial charge in [-0.25, -0.2) is 0 Å². The highest BCUT2D eigenvalue weighted by molar-refractivity contribution is 5.58. The van der Waals surface area contributed by atoms with Gasteiger partial charge in [-0.2, -0.15) is 0 Å². The summed E-state index contributed by atoms with van der Waals surface area (Å²) >= 11 is 0. The number of hydrogen-bond donors (Lipinski definition) is 0. The van der Waals surface area contributed by atoms with Gasteiger partial charge in [-0.1, -0.05) is 36.5 Å². The summed E-state index contributed by atoms with van der Waals surface area (Å²) in [7, 11) is 0. The van der Waals surface area contributed by atoms with E-state index in [-0.39, 0.29) is 11.2 Å². The van der Waals surface area contributed by atoms with Crippen LogP contribution < -0.4 is 0 Å². The molecule has 0 radical (unpaired) electrons. The molecule has 0 aromatic heterocycles. The summed E-state index contributed by atoms with van der Waals surface area (Å²) in [5.41, 5.74) is 6.27. The molecule has 0 N–H and O–H groups in total. The SMILES string of the molecule is C=C(C)C1=CC(C(=C)C)=CC2=C(C=C1)C(C)(C)OC2(C)C. The second-order valence-corrected chi connectivity index (χ2v) is 7.04. The van der Waals surface area contributed by atoms with Gasteiger partial charge >= 0.3 is 0 Å². The minimum Gasteiger partial charge on any atom is -0.360 e. The fourth-order valence-corrected chi connectivity index (χ4v) is 3.04. The minimum absolute atomic E-state index is 0.288. The zero-order valence-electron chi connectivity index (χ0n) is 14.1. The fraction of sp³-hybridized carbons (Fsp3) is 0.400. The first-order chi connectivity index (χ1) is 9.54. The summed E-state index contributed by atoms with van der Waals surface area (Å²) in [6.45, 7) is 20.8. The maximum absolute atomic E-state index is 6.27. The van der Waals surface area contributed by atoms with E-state index in [1.54, 1.807) is 0 Å². The quantitative estimate of drug-likeness (QED) is 0.655. The van der Waals surface area contributed by atoms with Crippen LogP contribution in [0.4, 0.5) is 0 Å². The molecule has 0 spiro atoms. The van der Waals surface area contributed by atoms with Crippen LogP contribution in [0.2, 0.25) is 0 Å². The average molecular weight is 282 g/mol. The van der Waals surface area contributed by atoms with Crippen molar-refractivity contribution in [1.29, 1.82) is 0 Å². The van der Waals surface area contributed by atoms with Crippen LogP contribution in [-0.4, -0.2) is 11.2 Å². The van der Waals surface area contributed by atoms with Crippen LogP contribution >= 0.6 is 0 Å². The van der Waals surface area contributed by atoms with Crippen molar-refractivity contribution in [2.45, 2.75) is 52.7 Å². The van der Waals surface area contributed by atoms with Gasteiger partial charge in [0, 0.05) is 0 Å².